The highest BCUT2D eigenvalue weighted by atomic mass is 19.1. The van der Waals surface area contributed by atoms with Crippen LogP contribution in [-0.2, 0) is 11.2 Å². The first kappa shape index (κ1) is 13.7. The van der Waals surface area contributed by atoms with E-state index in [-0.39, 0.29) is 11.6 Å². The van der Waals surface area contributed by atoms with Gasteiger partial charge < -0.3 is 9.53 Å². The third-order valence-corrected chi connectivity index (χ3v) is 2.73. The second kappa shape index (κ2) is 7.05. The quantitative estimate of drug-likeness (QED) is 0.679. The van der Waals surface area contributed by atoms with Crippen LogP contribution < -0.4 is 4.74 Å². The number of rotatable bonds is 7. The number of ketones is 1. The Morgan fingerprint density at radius 2 is 2.06 bits per heavy atom. The van der Waals surface area contributed by atoms with Crippen LogP contribution in [-0.4, -0.2) is 12.9 Å². The Bertz CT molecular complexity index is 374. The van der Waals surface area contributed by atoms with Crippen molar-refractivity contribution in [3.8, 4) is 5.75 Å². The summed E-state index contributed by atoms with van der Waals surface area (Å²) in [7, 11) is 1.57. The molecule has 0 heterocycles. The van der Waals surface area contributed by atoms with Gasteiger partial charge in [0.25, 0.3) is 0 Å². The molecule has 1 aromatic carbocycles. The summed E-state index contributed by atoms with van der Waals surface area (Å²) in [5.74, 6) is 0.722. The Morgan fingerprint density at radius 1 is 1.29 bits per heavy atom. The molecule has 1 rings (SSSR count). The lowest BCUT2D eigenvalue weighted by Gasteiger charge is -2.06. The molecule has 0 atom stereocenters. The van der Waals surface area contributed by atoms with Gasteiger partial charge in [-0.25, -0.2) is 4.39 Å². The fraction of sp³-hybridized carbons (Fsp3) is 0.500. The average molecular weight is 238 g/mol. The highest BCUT2D eigenvalue weighted by Crippen LogP contribution is 2.18. The fourth-order valence-corrected chi connectivity index (χ4v) is 1.74. The lowest BCUT2D eigenvalue weighted by Crippen LogP contribution is -1.94. The Balaban J connectivity index is 2.38. The van der Waals surface area contributed by atoms with Gasteiger partial charge >= 0.3 is 0 Å². The molecular weight excluding hydrogens is 219 g/mol. The topological polar surface area (TPSA) is 26.3 Å². The van der Waals surface area contributed by atoms with Crippen molar-refractivity contribution in [2.75, 3.05) is 7.11 Å². The van der Waals surface area contributed by atoms with Crippen LogP contribution in [0.3, 0.4) is 0 Å². The van der Waals surface area contributed by atoms with Crippen LogP contribution in [0.2, 0.25) is 0 Å². The maximum atomic E-state index is 13.4. The number of aryl methyl sites for hydroxylation is 1. The average Bonchev–Trinajstić information content (AvgIpc) is 2.30. The Labute approximate surface area is 102 Å². The first-order valence-corrected chi connectivity index (χ1v) is 5.95. The minimum absolute atomic E-state index is 0.183. The molecule has 1 aromatic rings. The van der Waals surface area contributed by atoms with Crippen molar-refractivity contribution in [1.29, 1.82) is 0 Å². The van der Waals surface area contributed by atoms with Gasteiger partial charge in [-0.2, -0.15) is 0 Å². The van der Waals surface area contributed by atoms with Crippen molar-refractivity contribution in [3.63, 3.8) is 0 Å². The highest BCUT2D eigenvalue weighted by Gasteiger charge is 2.04. The van der Waals surface area contributed by atoms with Gasteiger partial charge in [0, 0.05) is 6.42 Å². The van der Waals surface area contributed by atoms with Crippen LogP contribution in [0.15, 0.2) is 18.2 Å². The number of methoxy groups -OCH3 is 1. The number of halogens is 1. The van der Waals surface area contributed by atoms with Crippen LogP contribution in [0.5, 0.6) is 5.75 Å². The molecule has 17 heavy (non-hydrogen) atoms. The smallest absolute Gasteiger partial charge is 0.129 e. The molecular formula is C14H19FO2. The van der Waals surface area contributed by atoms with E-state index in [1.807, 2.05) is 0 Å². The Kier molecular flexibility index (Phi) is 5.67. The van der Waals surface area contributed by atoms with E-state index in [0.717, 1.165) is 19.3 Å². The van der Waals surface area contributed by atoms with Gasteiger partial charge in [0.05, 0.1) is 7.11 Å². The largest absolute Gasteiger partial charge is 0.497 e. The van der Waals surface area contributed by atoms with Gasteiger partial charge in [-0.05, 0) is 49.9 Å². The molecule has 2 nitrogen and oxygen atoms in total. The maximum absolute atomic E-state index is 13.4. The second-order valence-corrected chi connectivity index (χ2v) is 4.22. The standard InChI is InChI=1S/C14H19FO2/c1-11(16)6-4-3-5-7-12-10-13(17-2)8-9-14(12)15/h8-10H,3-7H2,1-2H3. The van der Waals surface area contributed by atoms with Crippen molar-refractivity contribution in [1.82, 2.24) is 0 Å². The summed E-state index contributed by atoms with van der Waals surface area (Å²) >= 11 is 0. The van der Waals surface area contributed by atoms with Crippen molar-refractivity contribution in [2.45, 2.75) is 39.0 Å². The van der Waals surface area contributed by atoms with Gasteiger partial charge in [0.1, 0.15) is 17.3 Å². The van der Waals surface area contributed by atoms with Gasteiger partial charge in [0.2, 0.25) is 0 Å². The molecule has 0 saturated carbocycles. The van der Waals surface area contributed by atoms with E-state index >= 15 is 0 Å². The molecule has 0 aliphatic rings. The fourth-order valence-electron chi connectivity index (χ4n) is 1.74. The zero-order valence-electron chi connectivity index (χ0n) is 10.5. The number of hydrogen-bond acceptors (Lipinski definition) is 2. The van der Waals surface area contributed by atoms with E-state index in [0.29, 0.717) is 24.2 Å². The first-order chi connectivity index (χ1) is 8.13. The molecule has 94 valence electrons. The summed E-state index contributed by atoms with van der Waals surface area (Å²) in [6.45, 7) is 1.60. The molecule has 0 aliphatic heterocycles. The van der Waals surface area contributed by atoms with Gasteiger partial charge in [-0.15, -0.1) is 0 Å². The number of ether oxygens (including phenoxy) is 1. The molecule has 0 amide bonds. The van der Waals surface area contributed by atoms with E-state index < -0.39 is 0 Å². The minimum atomic E-state index is -0.183. The van der Waals surface area contributed by atoms with Crippen molar-refractivity contribution < 1.29 is 13.9 Å². The molecule has 0 saturated heterocycles. The summed E-state index contributed by atoms with van der Waals surface area (Å²) in [4.78, 5) is 10.7. The highest BCUT2D eigenvalue weighted by molar-refractivity contribution is 5.75. The Hall–Kier alpha value is -1.38. The van der Waals surface area contributed by atoms with E-state index in [1.54, 1.807) is 26.2 Å². The first-order valence-electron chi connectivity index (χ1n) is 5.95. The Morgan fingerprint density at radius 3 is 2.71 bits per heavy atom. The summed E-state index contributed by atoms with van der Waals surface area (Å²) in [5, 5.41) is 0. The number of carbonyl (C=O) groups is 1. The van der Waals surface area contributed by atoms with Crippen LogP contribution in [0.1, 0.15) is 38.2 Å². The predicted octanol–water partition coefficient (Wildman–Crippen LogP) is 3.53. The zero-order chi connectivity index (χ0) is 12.7. The van der Waals surface area contributed by atoms with Crippen molar-refractivity contribution in [2.24, 2.45) is 0 Å². The summed E-state index contributed by atoms with van der Waals surface area (Å²) < 4.78 is 18.5. The second-order valence-electron chi connectivity index (χ2n) is 4.22. The molecule has 0 unspecified atom stereocenters. The van der Waals surface area contributed by atoms with Crippen LogP contribution in [0.25, 0.3) is 0 Å². The normalized spacial score (nSPS) is 10.3. The molecule has 0 spiro atoms. The summed E-state index contributed by atoms with van der Waals surface area (Å²) in [6.07, 6.45) is 4.07. The number of unbranched alkanes of at least 4 members (excludes halogenated alkanes) is 2. The minimum Gasteiger partial charge on any atom is -0.497 e. The lowest BCUT2D eigenvalue weighted by atomic mass is 10.0. The summed E-state index contributed by atoms with van der Waals surface area (Å²) in [5.41, 5.74) is 0.687. The van der Waals surface area contributed by atoms with Crippen molar-refractivity contribution in [3.05, 3.63) is 29.6 Å². The van der Waals surface area contributed by atoms with Crippen LogP contribution >= 0.6 is 0 Å². The monoisotopic (exact) mass is 238 g/mol. The molecule has 0 aromatic heterocycles. The molecule has 3 heteroatoms. The van der Waals surface area contributed by atoms with E-state index in [2.05, 4.69) is 0 Å². The van der Waals surface area contributed by atoms with Crippen molar-refractivity contribution >= 4 is 5.78 Å². The number of hydrogen-bond donors (Lipinski definition) is 0. The molecule has 0 N–H and O–H groups in total. The maximum Gasteiger partial charge on any atom is 0.129 e. The lowest BCUT2D eigenvalue weighted by molar-refractivity contribution is -0.117. The van der Waals surface area contributed by atoms with Gasteiger partial charge in [-0.1, -0.05) is 6.42 Å². The van der Waals surface area contributed by atoms with Gasteiger partial charge in [0.15, 0.2) is 0 Å². The third kappa shape index (κ3) is 4.98. The molecule has 0 aliphatic carbocycles. The zero-order valence-corrected chi connectivity index (χ0v) is 10.5. The van der Waals surface area contributed by atoms with E-state index in [4.69, 9.17) is 4.74 Å². The SMILES string of the molecule is COc1ccc(F)c(CCCCCC(C)=O)c1. The number of Topliss-reactive ketones (excluding diaryl/α,β-unsaturated/α-hetero) is 1. The van der Waals surface area contributed by atoms with Gasteiger partial charge in [-0.3, -0.25) is 0 Å². The molecule has 0 bridgehead atoms. The number of carbonyl (C=O) groups excluding carboxylic acids is 1. The third-order valence-electron chi connectivity index (χ3n) is 2.73. The summed E-state index contributed by atoms with van der Waals surface area (Å²) in [6, 6.07) is 4.79. The molecule has 0 fully saturated rings. The predicted molar refractivity (Wildman–Crippen MR) is 65.8 cm³/mol. The number of benzene rings is 1. The van der Waals surface area contributed by atoms with Crippen LogP contribution in [0, 0.1) is 5.82 Å². The molecule has 0 radical (unpaired) electrons. The van der Waals surface area contributed by atoms with Crippen LogP contribution in [0.4, 0.5) is 4.39 Å². The van der Waals surface area contributed by atoms with E-state index in [9.17, 15) is 9.18 Å². The van der Waals surface area contributed by atoms with E-state index in [1.165, 1.54) is 6.07 Å².